The van der Waals surface area contributed by atoms with Crippen molar-refractivity contribution >= 4 is 17.5 Å². The number of nitrogens with one attached hydrogen (secondary N) is 2. The second-order valence-corrected chi connectivity index (χ2v) is 4.33. The second-order valence-electron chi connectivity index (χ2n) is 3.98. The lowest BCUT2D eigenvalue weighted by Crippen LogP contribution is -2.41. The maximum atomic E-state index is 11.5. The van der Waals surface area contributed by atoms with Crippen molar-refractivity contribution in [3.05, 3.63) is 16.4 Å². The van der Waals surface area contributed by atoms with Crippen molar-refractivity contribution in [1.29, 1.82) is 0 Å². The van der Waals surface area contributed by atoms with Crippen molar-refractivity contribution in [3.63, 3.8) is 0 Å². The first-order chi connectivity index (χ1) is 7.97. The first-order valence-corrected chi connectivity index (χ1v) is 6.04. The highest BCUT2D eigenvalue weighted by molar-refractivity contribution is 6.30. The van der Waals surface area contributed by atoms with Gasteiger partial charge < -0.3 is 10.6 Å². The molecule has 2 N–H and O–H groups in total. The van der Waals surface area contributed by atoms with Gasteiger partial charge in [0.2, 0.25) is 5.91 Å². The van der Waals surface area contributed by atoms with E-state index in [0.717, 1.165) is 11.3 Å². The highest BCUT2D eigenvalue weighted by Gasteiger charge is 2.15. The number of rotatable bonds is 5. The second kappa shape index (κ2) is 6.02. The van der Waals surface area contributed by atoms with E-state index in [-0.39, 0.29) is 11.9 Å². The molecule has 6 heteroatoms. The third-order valence-electron chi connectivity index (χ3n) is 2.60. The molecule has 0 saturated carbocycles. The van der Waals surface area contributed by atoms with Crippen LogP contribution < -0.4 is 10.6 Å². The summed E-state index contributed by atoms with van der Waals surface area (Å²) in [6, 6.07) is -0.245. The lowest BCUT2D eigenvalue weighted by molar-refractivity contribution is -0.122. The van der Waals surface area contributed by atoms with Crippen LogP contribution in [-0.2, 0) is 18.4 Å². The SMILES string of the molecule is CCNC(=O)C(C)NCc1c(C)nn(C)c1Cl. The van der Waals surface area contributed by atoms with Crippen LogP contribution >= 0.6 is 11.6 Å². The van der Waals surface area contributed by atoms with E-state index in [1.54, 1.807) is 11.7 Å². The van der Waals surface area contributed by atoms with Crippen molar-refractivity contribution in [2.75, 3.05) is 6.54 Å². The van der Waals surface area contributed by atoms with Gasteiger partial charge in [0, 0.05) is 25.7 Å². The molecule has 96 valence electrons. The quantitative estimate of drug-likeness (QED) is 0.828. The number of likely N-dealkylation sites (N-methyl/N-ethyl adjacent to an activating group) is 1. The van der Waals surface area contributed by atoms with E-state index in [4.69, 9.17) is 11.6 Å². The first-order valence-electron chi connectivity index (χ1n) is 5.66. The van der Waals surface area contributed by atoms with Crippen molar-refractivity contribution in [2.45, 2.75) is 33.4 Å². The molecule has 1 aromatic heterocycles. The Kier molecular flexibility index (Phi) is 4.96. The van der Waals surface area contributed by atoms with Gasteiger partial charge in [-0.15, -0.1) is 0 Å². The zero-order chi connectivity index (χ0) is 13.0. The van der Waals surface area contributed by atoms with Crippen LogP contribution in [0.5, 0.6) is 0 Å². The summed E-state index contributed by atoms with van der Waals surface area (Å²) >= 11 is 6.10. The number of hydrogen-bond donors (Lipinski definition) is 2. The van der Waals surface area contributed by atoms with Crippen LogP contribution in [0.25, 0.3) is 0 Å². The molecule has 0 aromatic carbocycles. The molecule has 0 saturated heterocycles. The Balaban J connectivity index is 2.58. The van der Waals surface area contributed by atoms with Crippen LogP contribution in [0.3, 0.4) is 0 Å². The third kappa shape index (κ3) is 3.44. The van der Waals surface area contributed by atoms with E-state index < -0.39 is 0 Å². The third-order valence-corrected chi connectivity index (χ3v) is 3.07. The molecule has 1 amide bonds. The molecule has 0 spiro atoms. The molecular weight excluding hydrogens is 240 g/mol. The fourth-order valence-electron chi connectivity index (χ4n) is 1.55. The largest absolute Gasteiger partial charge is 0.355 e. The Bertz CT molecular complexity index is 402. The first kappa shape index (κ1) is 14.0. The number of aromatic nitrogens is 2. The van der Waals surface area contributed by atoms with Gasteiger partial charge in [0.1, 0.15) is 5.15 Å². The predicted molar refractivity (Wildman–Crippen MR) is 67.9 cm³/mol. The Labute approximate surface area is 107 Å². The van der Waals surface area contributed by atoms with Gasteiger partial charge in [-0.3, -0.25) is 9.48 Å². The summed E-state index contributed by atoms with van der Waals surface area (Å²) in [6.07, 6.45) is 0. The van der Waals surface area contributed by atoms with Gasteiger partial charge in [-0.1, -0.05) is 11.6 Å². The molecule has 0 bridgehead atoms. The summed E-state index contributed by atoms with van der Waals surface area (Å²) in [6.45, 7) is 6.80. The lowest BCUT2D eigenvalue weighted by atomic mass is 10.2. The van der Waals surface area contributed by atoms with Gasteiger partial charge in [-0.25, -0.2) is 0 Å². The predicted octanol–water partition coefficient (Wildman–Crippen LogP) is 0.996. The molecule has 1 heterocycles. The molecule has 0 aliphatic heterocycles. The van der Waals surface area contributed by atoms with E-state index in [9.17, 15) is 4.79 Å². The smallest absolute Gasteiger partial charge is 0.236 e. The fraction of sp³-hybridized carbons (Fsp3) is 0.636. The molecular formula is C11H19ClN4O. The van der Waals surface area contributed by atoms with Crippen LogP contribution in [0.15, 0.2) is 0 Å². The van der Waals surface area contributed by atoms with Crippen LogP contribution in [-0.4, -0.2) is 28.3 Å². The molecule has 1 atom stereocenters. The Morgan fingerprint density at radius 1 is 1.59 bits per heavy atom. The molecule has 1 rings (SSSR count). The Morgan fingerprint density at radius 2 is 2.24 bits per heavy atom. The Hall–Kier alpha value is -1.07. The van der Waals surface area contributed by atoms with Gasteiger partial charge >= 0.3 is 0 Å². The summed E-state index contributed by atoms with van der Waals surface area (Å²) in [5.74, 6) is -0.00911. The van der Waals surface area contributed by atoms with Crippen LogP contribution in [0, 0.1) is 6.92 Å². The number of carbonyl (C=O) groups excluding carboxylic acids is 1. The summed E-state index contributed by atoms with van der Waals surface area (Å²) in [5, 5.41) is 10.7. The topological polar surface area (TPSA) is 59.0 Å². The van der Waals surface area contributed by atoms with Gasteiger partial charge in [-0.2, -0.15) is 5.10 Å². The molecule has 1 aromatic rings. The molecule has 0 radical (unpaired) electrons. The number of carbonyl (C=O) groups is 1. The van der Waals surface area contributed by atoms with Crippen molar-refractivity contribution in [3.8, 4) is 0 Å². The molecule has 1 unspecified atom stereocenters. The number of nitrogens with zero attached hydrogens (tertiary/aromatic N) is 2. The average Bonchev–Trinajstić information content (AvgIpc) is 2.51. The Morgan fingerprint density at radius 3 is 2.71 bits per heavy atom. The minimum absolute atomic E-state index is 0.00911. The van der Waals surface area contributed by atoms with E-state index in [1.165, 1.54) is 0 Å². The number of amides is 1. The zero-order valence-electron chi connectivity index (χ0n) is 10.7. The zero-order valence-corrected chi connectivity index (χ0v) is 11.4. The number of halogens is 1. The summed E-state index contributed by atoms with van der Waals surface area (Å²) < 4.78 is 1.63. The van der Waals surface area contributed by atoms with Gasteiger partial charge in [0.05, 0.1) is 11.7 Å². The van der Waals surface area contributed by atoms with E-state index >= 15 is 0 Å². The highest BCUT2D eigenvalue weighted by Crippen LogP contribution is 2.18. The molecule has 0 fully saturated rings. The lowest BCUT2D eigenvalue weighted by Gasteiger charge is -2.13. The van der Waals surface area contributed by atoms with Crippen molar-refractivity contribution in [2.24, 2.45) is 7.05 Å². The van der Waals surface area contributed by atoms with Gasteiger partial charge in [0.15, 0.2) is 0 Å². The molecule has 5 nitrogen and oxygen atoms in total. The monoisotopic (exact) mass is 258 g/mol. The maximum Gasteiger partial charge on any atom is 0.236 e. The van der Waals surface area contributed by atoms with Crippen LogP contribution in [0.2, 0.25) is 5.15 Å². The number of hydrogen-bond acceptors (Lipinski definition) is 3. The minimum Gasteiger partial charge on any atom is -0.355 e. The summed E-state index contributed by atoms with van der Waals surface area (Å²) in [5.41, 5.74) is 1.82. The minimum atomic E-state index is -0.245. The van der Waals surface area contributed by atoms with Crippen LogP contribution in [0.1, 0.15) is 25.1 Å². The summed E-state index contributed by atoms with van der Waals surface area (Å²) in [7, 11) is 1.80. The standard InChI is InChI=1S/C11H19ClN4O/c1-5-13-11(17)8(3)14-6-9-7(2)15-16(4)10(9)12/h8,14H,5-6H2,1-4H3,(H,13,17). The normalized spacial score (nSPS) is 12.5. The highest BCUT2D eigenvalue weighted by atomic mass is 35.5. The maximum absolute atomic E-state index is 11.5. The molecule has 0 aliphatic carbocycles. The fourth-order valence-corrected chi connectivity index (χ4v) is 1.79. The van der Waals surface area contributed by atoms with Crippen molar-refractivity contribution < 1.29 is 4.79 Å². The van der Waals surface area contributed by atoms with E-state index in [1.807, 2.05) is 20.8 Å². The average molecular weight is 259 g/mol. The molecule has 0 aliphatic rings. The van der Waals surface area contributed by atoms with E-state index in [0.29, 0.717) is 18.2 Å². The number of aryl methyl sites for hydroxylation is 2. The van der Waals surface area contributed by atoms with Gasteiger partial charge in [-0.05, 0) is 20.8 Å². The van der Waals surface area contributed by atoms with Crippen molar-refractivity contribution in [1.82, 2.24) is 20.4 Å². The summed E-state index contributed by atoms with van der Waals surface area (Å²) in [4.78, 5) is 11.5. The van der Waals surface area contributed by atoms with Crippen LogP contribution in [0.4, 0.5) is 0 Å². The molecule has 17 heavy (non-hydrogen) atoms. The van der Waals surface area contributed by atoms with Gasteiger partial charge in [0.25, 0.3) is 0 Å². The van der Waals surface area contributed by atoms with E-state index in [2.05, 4.69) is 15.7 Å².